The van der Waals surface area contributed by atoms with Crippen LogP contribution in [-0.2, 0) is 0 Å². The van der Waals surface area contributed by atoms with Crippen molar-refractivity contribution in [2.24, 2.45) is 0 Å². The summed E-state index contributed by atoms with van der Waals surface area (Å²) in [5.74, 6) is 0.293. The molecule has 3 rings (SSSR count). The molecular formula is C17H22N2O2. The van der Waals surface area contributed by atoms with E-state index in [1.54, 1.807) is 0 Å². The zero-order valence-electron chi connectivity index (χ0n) is 12.8. The summed E-state index contributed by atoms with van der Waals surface area (Å²) in [6.45, 7) is 7.21. The lowest BCUT2D eigenvalue weighted by Gasteiger charge is -2.28. The molecule has 4 nitrogen and oxygen atoms in total. The number of carbonyl (C=O) groups excluding carboxylic acids is 1. The van der Waals surface area contributed by atoms with Gasteiger partial charge >= 0.3 is 0 Å². The van der Waals surface area contributed by atoms with E-state index < -0.39 is 0 Å². The van der Waals surface area contributed by atoms with Crippen LogP contribution in [0.15, 0.2) is 22.6 Å². The number of amides is 1. The van der Waals surface area contributed by atoms with Crippen molar-refractivity contribution in [3.63, 3.8) is 0 Å². The third-order valence-electron chi connectivity index (χ3n) is 4.32. The number of fused-ring (bicyclic) bond motifs is 1. The van der Waals surface area contributed by atoms with Crippen LogP contribution in [0.2, 0.25) is 0 Å². The summed E-state index contributed by atoms with van der Waals surface area (Å²) in [5.41, 5.74) is 3.17. The largest absolute Gasteiger partial charge is 0.451 e. The second-order valence-electron chi connectivity index (χ2n) is 6.13. The Kier molecular flexibility index (Phi) is 3.72. The summed E-state index contributed by atoms with van der Waals surface area (Å²) < 4.78 is 5.71. The Morgan fingerprint density at radius 3 is 2.81 bits per heavy atom. The lowest BCUT2D eigenvalue weighted by molar-refractivity contribution is 0.0899. The predicted molar refractivity (Wildman–Crippen MR) is 83.6 cm³/mol. The van der Waals surface area contributed by atoms with E-state index in [9.17, 15) is 4.79 Å². The van der Waals surface area contributed by atoms with Crippen molar-refractivity contribution in [1.29, 1.82) is 0 Å². The van der Waals surface area contributed by atoms with Crippen LogP contribution < -0.4 is 10.6 Å². The molecule has 0 aliphatic carbocycles. The van der Waals surface area contributed by atoms with Crippen molar-refractivity contribution >= 4 is 16.9 Å². The Morgan fingerprint density at radius 2 is 2.05 bits per heavy atom. The molecular weight excluding hydrogens is 264 g/mol. The van der Waals surface area contributed by atoms with Crippen LogP contribution in [0.4, 0.5) is 0 Å². The van der Waals surface area contributed by atoms with E-state index in [0.29, 0.717) is 11.8 Å². The SMILES string of the molecule is Cc1cc2cc(C(=O)NC3CCNC(C)C3)oc2cc1C. The van der Waals surface area contributed by atoms with Crippen molar-refractivity contribution in [3.8, 4) is 0 Å². The highest BCUT2D eigenvalue weighted by Gasteiger charge is 2.22. The van der Waals surface area contributed by atoms with Crippen LogP contribution in [0.25, 0.3) is 11.0 Å². The number of carbonyl (C=O) groups is 1. The first-order valence-electron chi connectivity index (χ1n) is 7.58. The van der Waals surface area contributed by atoms with Crippen LogP contribution in [0, 0.1) is 13.8 Å². The highest BCUT2D eigenvalue weighted by Crippen LogP contribution is 2.23. The van der Waals surface area contributed by atoms with Crippen LogP contribution >= 0.6 is 0 Å². The van der Waals surface area contributed by atoms with Gasteiger partial charge in [0.2, 0.25) is 0 Å². The number of furan rings is 1. The van der Waals surface area contributed by atoms with Gasteiger partial charge in [-0.1, -0.05) is 0 Å². The molecule has 2 heterocycles. The molecule has 1 aromatic heterocycles. The maximum atomic E-state index is 12.3. The van der Waals surface area contributed by atoms with Gasteiger partial charge in [0.1, 0.15) is 5.58 Å². The van der Waals surface area contributed by atoms with E-state index in [0.717, 1.165) is 30.4 Å². The van der Waals surface area contributed by atoms with Gasteiger partial charge in [-0.25, -0.2) is 0 Å². The molecule has 112 valence electrons. The fraction of sp³-hybridized carbons (Fsp3) is 0.471. The van der Waals surface area contributed by atoms with Gasteiger partial charge in [0.25, 0.3) is 5.91 Å². The molecule has 0 bridgehead atoms. The van der Waals surface area contributed by atoms with Crippen molar-refractivity contribution in [1.82, 2.24) is 10.6 Å². The average molecular weight is 286 g/mol. The molecule has 1 saturated heterocycles. The third-order valence-corrected chi connectivity index (χ3v) is 4.32. The third kappa shape index (κ3) is 2.95. The Bertz CT molecular complexity index is 636. The average Bonchev–Trinajstić information content (AvgIpc) is 2.82. The predicted octanol–water partition coefficient (Wildman–Crippen LogP) is 2.92. The summed E-state index contributed by atoms with van der Waals surface area (Å²) >= 11 is 0. The summed E-state index contributed by atoms with van der Waals surface area (Å²) in [7, 11) is 0. The van der Waals surface area contributed by atoms with Gasteiger partial charge in [-0.15, -0.1) is 0 Å². The Balaban J connectivity index is 1.78. The van der Waals surface area contributed by atoms with Gasteiger partial charge in [0.05, 0.1) is 0 Å². The number of nitrogens with one attached hydrogen (secondary N) is 2. The topological polar surface area (TPSA) is 54.3 Å². The number of rotatable bonds is 2. The number of piperidine rings is 1. The van der Waals surface area contributed by atoms with E-state index in [4.69, 9.17) is 4.42 Å². The summed E-state index contributed by atoms with van der Waals surface area (Å²) in [6, 6.07) is 6.57. The first-order valence-corrected chi connectivity index (χ1v) is 7.58. The minimum Gasteiger partial charge on any atom is -0.451 e. The lowest BCUT2D eigenvalue weighted by Crippen LogP contribution is -2.46. The lowest BCUT2D eigenvalue weighted by atomic mass is 10.0. The molecule has 0 spiro atoms. The van der Waals surface area contributed by atoms with E-state index in [-0.39, 0.29) is 11.9 Å². The molecule has 0 radical (unpaired) electrons. The number of hydrogen-bond acceptors (Lipinski definition) is 3. The zero-order chi connectivity index (χ0) is 15.0. The van der Waals surface area contributed by atoms with Crippen LogP contribution in [0.3, 0.4) is 0 Å². The molecule has 2 unspecified atom stereocenters. The van der Waals surface area contributed by atoms with Gasteiger partial charge in [-0.05, 0) is 69.5 Å². The van der Waals surface area contributed by atoms with Gasteiger partial charge in [0.15, 0.2) is 5.76 Å². The summed E-state index contributed by atoms with van der Waals surface area (Å²) in [4.78, 5) is 12.3. The monoisotopic (exact) mass is 286 g/mol. The molecule has 21 heavy (non-hydrogen) atoms. The molecule has 4 heteroatoms. The van der Waals surface area contributed by atoms with Crippen molar-refractivity contribution in [2.75, 3.05) is 6.54 Å². The van der Waals surface area contributed by atoms with Gasteiger partial charge in [0, 0.05) is 17.5 Å². The second kappa shape index (κ2) is 5.53. The fourth-order valence-corrected chi connectivity index (χ4v) is 2.93. The molecule has 0 saturated carbocycles. The molecule has 2 N–H and O–H groups in total. The number of hydrogen-bond donors (Lipinski definition) is 2. The Labute approximate surface area is 124 Å². The van der Waals surface area contributed by atoms with E-state index in [1.165, 1.54) is 11.1 Å². The fourth-order valence-electron chi connectivity index (χ4n) is 2.93. The second-order valence-corrected chi connectivity index (χ2v) is 6.13. The highest BCUT2D eigenvalue weighted by molar-refractivity contribution is 5.96. The normalized spacial score (nSPS) is 22.4. The molecule has 1 fully saturated rings. The Hall–Kier alpha value is -1.81. The maximum absolute atomic E-state index is 12.3. The smallest absolute Gasteiger partial charge is 0.287 e. The van der Waals surface area contributed by atoms with Gasteiger partial charge in [-0.2, -0.15) is 0 Å². The number of benzene rings is 1. The highest BCUT2D eigenvalue weighted by atomic mass is 16.3. The summed E-state index contributed by atoms with van der Waals surface area (Å²) in [6.07, 6.45) is 1.93. The molecule has 1 amide bonds. The Morgan fingerprint density at radius 1 is 1.29 bits per heavy atom. The van der Waals surface area contributed by atoms with E-state index in [1.807, 2.05) is 19.1 Å². The minimum absolute atomic E-state index is 0.111. The number of aryl methyl sites for hydroxylation is 2. The molecule has 2 aromatic rings. The van der Waals surface area contributed by atoms with Gasteiger partial charge in [-0.3, -0.25) is 4.79 Å². The van der Waals surface area contributed by atoms with Gasteiger partial charge < -0.3 is 15.1 Å². The first kappa shape index (κ1) is 14.1. The van der Waals surface area contributed by atoms with Crippen molar-refractivity contribution in [3.05, 3.63) is 35.1 Å². The summed E-state index contributed by atoms with van der Waals surface area (Å²) in [5, 5.41) is 7.46. The molecule has 1 aliphatic rings. The van der Waals surface area contributed by atoms with Crippen LogP contribution in [0.5, 0.6) is 0 Å². The molecule has 1 aromatic carbocycles. The molecule has 2 atom stereocenters. The van der Waals surface area contributed by atoms with Crippen LogP contribution in [-0.4, -0.2) is 24.5 Å². The van der Waals surface area contributed by atoms with E-state index >= 15 is 0 Å². The van der Waals surface area contributed by atoms with Crippen molar-refractivity contribution < 1.29 is 9.21 Å². The minimum atomic E-state index is -0.111. The quantitative estimate of drug-likeness (QED) is 0.892. The first-order chi connectivity index (χ1) is 10.0. The molecule has 1 aliphatic heterocycles. The van der Waals surface area contributed by atoms with E-state index in [2.05, 4.69) is 30.5 Å². The van der Waals surface area contributed by atoms with Crippen molar-refractivity contribution in [2.45, 2.75) is 45.7 Å². The standard InChI is InChI=1S/C17H22N2O2/c1-10-6-13-9-16(21-15(13)7-11(10)2)17(20)19-14-4-5-18-12(3)8-14/h6-7,9,12,14,18H,4-5,8H2,1-3H3,(H,19,20). The van der Waals surface area contributed by atoms with Crippen LogP contribution in [0.1, 0.15) is 41.4 Å². The zero-order valence-corrected chi connectivity index (χ0v) is 12.8. The maximum Gasteiger partial charge on any atom is 0.287 e.